The van der Waals surface area contributed by atoms with E-state index in [9.17, 15) is 14.5 Å². The van der Waals surface area contributed by atoms with Gasteiger partial charge in [0.1, 0.15) is 12.1 Å². The first kappa shape index (κ1) is 41.8. The van der Waals surface area contributed by atoms with E-state index in [0.29, 0.717) is 47.2 Å². The van der Waals surface area contributed by atoms with Crippen LogP contribution in [0.15, 0.2) is 97.5 Å². The van der Waals surface area contributed by atoms with Crippen molar-refractivity contribution in [3.05, 3.63) is 134 Å². The lowest BCUT2D eigenvalue weighted by atomic mass is 9.97. The molecule has 0 aliphatic rings. The van der Waals surface area contributed by atoms with Gasteiger partial charge in [-0.1, -0.05) is 95.1 Å². The van der Waals surface area contributed by atoms with Gasteiger partial charge in [-0.25, -0.2) is 9.97 Å². The molecule has 0 fully saturated rings. The van der Waals surface area contributed by atoms with Gasteiger partial charge in [-0.05, 0) is 91.3 Å². The molecule has 1 unspecified atom stereocenters. The number of nitrogens with one attached hydrogen (secondary N) is 2. The molecule has 0 bridgehead atoms. The van der Waals surface area contributed by atoms with E-state index in [2.05, 4.69) is 27.3 Å². The maximum absolute atomic E-state index is 14.4. The van der Waals surface area contributed by atoms with Crippen LogP contribution >= 0.6 is 30.2 Å². The van der Waals surface area contributed by atoms with Crippen molar-refractivity contribution in [1.82, 2.24) is 15.1 Å². The molecule has 0 saturated carbocycles. The molecular weight excluding hydrogens is 695 g/mol. The van der Waals surface area contributed by atoms with Crippen LogP contribution in [-0.4, -0.2) is 40.6 Å². The summed E-state index contributed by atoms with van der Waals surface area (Å²) in [5.41, 5.74) is 3.64. The number of aromatic nitrogens is 2. The normalized spacial score (nSPS) is 11.5. The van der Waals surface area contributed by atoms with Crippen molar-refractivity contribution in [2.45, 2.75) is 67.2 Å². The van der Waals surface area contributed by atoms with Crippen molar-refractivity contribution in [2.75, 3.05) is 25.0 Å². The SMILES string of the molecule is CC.CC.CCC(CO)CCNc1ncncc1C(=O)c1cc(Cc2cc(Cl)ccc2CCNP(=O)(c2ccccc2)c2ccccc2)c(C)s1. The molecule has 0 spiro atoms. The second kappa shape index (κ2) is 21.7. The first-order valence-electron chi connectivity index (χ1n) is 17.8. The second-order valence-corrected chi connectivity index (χ2v) is 15.8. The lowest BCUT2D eigenvalue weighted by Gasteiger charge is -2.21. The molecule has 2 aromatic heterocycles. The highest BCUT2D eigenvalue weighted by atomic mass is 35.5. The summed E-state index contributed by atoms with van der Waals surface area (Å²) in [5.74, 6) is 0.573. The predicted octanol–water partition coefficient (Wildman–Crippen LogP) is 9.26. The number of halogens is 1. The highest BCUT2D eigenvalue weighted by molar-refractivity contribution is 7.76. The minimum Gasteiger partial charge on any atom is -0.396 e. The first-order valence-corrected chi connectivity index (χ1v) is 20.7. The van der Waals surface area contributed by atoms with Gasteiger partial charge >= 0.3 is 0 Å². The summed E-state index contributed by atoms with van der Waals surface area (Å²) in [4.78, 5) is 23.8. The zero-order chi connectivity index (χ0) is 37.2. The number of hydrogen-bond acceptors (Lipinski definition) is 7. The van der Waals surface area contributed by atoms with Gasteiger partial charge in [0.05, 0.1) is 10.4 Å². The maximum atomic E-state index is 14.4. The maximum Gasteiger partial charge on any atom is 0.208 e. The molecule has 10 heteroatoms. The molecule has 0 aliphatic carbocycles. The summed E-state index contributed by atoms with van der Waals surface area (Å²) in [7, 11) is -3.06. The van der Waals surface area contributed by atoms with Gasteiger partial charge in [-0.15, -0.1) is 11.3 Å². The lowest BCUT2D eigenvalue weighted by Crippen LogP contribution is -2.29. The van der Waals surface area contributed by atoms with Crippen LogP contribution in [0, 0.1) is 12.8 Å². The molecule has 0 saturated heterocycles. The summed E-state index contributed by atoms with van der Waals surface area (Å²) >= 11 is 7.94. The van der Waals surface area contributed by atoms with Gasteiger partial charge in [0.15, 0.2) is 0 Å². The van der Waals surface area contributed by atoms with Crippen LogP contribution in [0.3, 0.4) is 0 Å². The topological polar surface area (TPSA) is 104 Å². The van der Waals surface area contributed by atoms with Crippen molar-refractivity contribution >= 4 is 52.4 Å². The zero-order valence-electron chi connectivity index (χ0n) is 30.7. The van der Waals surface area contributed by atoms with E-state index in [1.54, 1.807) is 6.20 Å². The second-order valence-electron chi connectivity index (χ2n) is 11.5. The van der Waals surface area contributed by atoms with E-state index in [0.717, 1.165) is 45.0 Å². The highest BCUT2D eigenvalue weighted by Crippen LogP contribution is 2.38. The fourth-order valence-electron chi connectivity index (χ4n) is 5.56. The van der Waals surface area contributed by atoms with Crippen molar-refractivity contribution in [3.63, 3.8) is 0 Å². The van der Waals surface area contributed by atoms with E-state index in [4.69, 9.17) is 11.6 Å². The fourth-order valence-corrected chi connectivity index (χ4v) is 9.02. The van der Waals surface area contributed by atoms with E-state index >= 15 is 0 Å². The molecule has 5 rings (SSSR count). The number of ketones is 1. The number of thiophene rings is 1. The molecular formula is C41H52ClN4O3PS. The van der Waals surface area contributed by atoms with Crippen LogP contribution < -0.4 is 21.0 Å². The van der Waals surface area contributed by atoms with Gasteiger partial charge in [-0.3, -0.25) is 14.4 Å². The van der Waals surface area contributed by atoms with Crippen molar-refractivity contribution in [3.8, 4) is 0 Å². The van der Waals surface area contributed by atoms with Crippen molar-refractivity contribution < 1.29 is 14.5 Å². The van der Waals surface area contributed by atoms with Crippen molar-refractivity contribution in [2.24, 2.45) is 5.92 Å². The van der Waals surface area contributed by atoms with Crippen LogP contribution in [0.5, 0.6) is 0 Å². The smallest absolute Gasteiger partial charge is 0.208 e. The Morgan fingerprint density at radius 1 is 0.902 bits per heavy atom. The quantitative estimate of drug-likeness (QED) is 0.0683. The van der Waals surface area contributed by atoms with E-state index in [-0.39, 0.29) is 18.3 Å². The Kier molecular flexibility index (Phi) is 17.7. The largest absolute Gasteiger partial charge is 0.396 e. The molecule has 3 N–H and O–H groups in total. The third-order valence-electron chi connectivity index (χ3n) is 8.40. The standard InChI is InChI=1S/C37H40ClN4O3PS.2C2H6/c1-3-27(24-43)16-18-40-37-34(23-39-25-41-37)36(44)35-22-29(26(2)47-35)20-30-21-31(38)15-14-28(30)17-19-42-46(45,32-10-6-4-7-11-32)33-12-8-5-9-13-33;2*1-2/h4-15,21-23,25,27,43H,3,16-20,24H2,1-2H3,(H,42,45)(H,39,40,41);2*1-2H3. The Morgan fingerprint density at radius 3 is 2.16 bits per heavy atom. The minimum absolute atomic E-state index is 0.130. The third kappa shape index (κ3) is 11.4. The van der Waals surface area contributed by atoms with Crippen molar-refractivity contribution in [1.29, 1.82) is 0 Å². The minimum atomic E-state index is -3.06. The monoisotopic (exact) mass is 746 g/mol. The molecule has 0 radical (unpaired) electrons. The molecule has 2 heterocycles. The predicted molar refractivity (Wildman–Crippen MR) is 217 cm³/mol. The number of carbonyl (C=O) groups is 1. The summed E-state index contributed by atoms with van der Waals surface area (Å²) in [6.07, 6.45) is 5.91. The summed E-state index contributed by atoms with van der Waals surface area (Å²) in [6.45, 7) is 13.3. The van der Waals surface area contributed by atoms with E-state index in [1.165, 1.54) is 17.7 Å². The average molecular weight is 747 g/mol. The number of aliphatic hydroxyl groups is 1. The fraction of sp³-hybridized carbons (Fsp3) is 0.341. The summed E-state index contributed by atoms with van der Waals surface area (Å²) < 4.78 is 14.4. The van der Waals surface area contributed by atoms with E-state index in [1.807, 2.05) is 120 Å². The number of aryl methyl sites for hydroxylation is 1. The Balaban J connectivity index is 0.00000169. The zero-order valence-corrected chi connectivity index (χ0v) is 33.1. The van der Waals surface area contributed by atoms with Gasteiger partial charge in [0.2, 0.25) is 13.1 Å². The number of nitrogens with zero attached hydrogens (tertiary/aromatic N) is 2. The molecule has 3 aromatic carbocycles. The van der Waals surface area contributed by atoms with Crippen LogP contribution in [0.4, 0.5) is 5.82 Å². The molecule has 272 valence electrons. The van der Waals surface area contributed by atoms with Gasteiger partial charge in [-0.2, -0.15) is 0 Å². The summed E-state index contributed by atoms with van der Waals surface area (Å²) in [6, 6.07) is 27.0. The molecule has 0 aliphatic heterocycles. The van der Waals surface area contributed by atoms with Crippen LogP contribution in [0.25, 0.3) is 0 Å². The Morgan fingerprint density at radius 2 is 1.55 bits per heavy atom. The average Bonchev–Trinajstić information content (AvgIpc) is 3.55. The molecule has 51 heavy (non-hydrogen) atoms. The number of rotatable bonds is 16. The van der Waals surface area contributed by atoms with Crippen LogP contribution in [-0.2, 0) is 17.4 Å². The number of anilines is 1. The molecule has 1 atom stereocenters. The molecule has 5 aromatic rings. The number of hydrogen-bond donors (Lipinski definition) is 3. The highest BCUT2D eigenvalue weighted by Gasteiger charge is 2.26. The number of carbonyl (C=O) groups excluding carboxylic acids is 1. The summed E-state index contributed by atoms with van der Waals surface area (Å²) in [5, 5.41) is 18.4. The molecule has 0 amide bonds. The Labute approximate surface area is 313 Å². The third-order valence-corrected chi connectivity index (χ3v) is 12.4. The van der Waals surface area contributed by atoms with Gasteiger partial charge in [0, 0.05) is 46.4 Å². The van der Waals surface area contributed by atoms with Crippen LogP contribution in [0.1, 0.15) is 84.3 Å². The van der Waals surface area contributed by atoms with Gasteiger partial charge < -0.3 is 10.4 Å². The Bertz CT molecular complexity index is 1790. The number of benzene rings is 3. The number of aliphatic hydroxyl groups excluding tert-OH is 1. The first-order chi connectivity index (χ1) is 24.8. The lowest BCUT2D eigenvalue weighted by molar-refractivity contribution is 0.104. The molecule has 7 nitrogen and oxygen atoms in total. The van der Waals surface area contributed by atoms with Crippen LogP contribution in [0.2, 0.25) is 5.02 Å². The Hall–Kier alpha value is -3.65. The van der Waals surface area contributed by atoms with E-state index < -0.39 is 7.29 Å². The van der Waals surface area contributed by atoms with Gasteiger partial charge in [0.25, 0.3) is 0 Å².